The Labute approximate surface area is 217 Å². The first-order valence-corrected chi connectivity index (χ1v) is 12.2. The van der Waals surface area contributed by atoms with E-state index in [-0.39, 0.29) is 11.9 Å². The van der Waals surface area contributed by atoms with E-state index in [2.05, 4.69) is 9.80 Å². The van der Waals surface area contributed by atoms with E-state index in [0.717, 1.165) is 59.2 Å². The lowest BCUT2D eigenvalue weighted by Gasteiger charge is -2.44. The van der Waals surface area contributed by atoms with Crippen molar-refractivity contribution in [2.75, 3.05) is 41.5 Å². The summed E-state index contributed by atoms with van der Waals surface area (Å²) in [6.07, 6.45) is 0.755. The second-order valence-electron chi connectivity index (χ2n) is 8.73. The second-order valence-corrected chi connectivity index (χ2v) is 9.16. The highest BCUT2D eigenvalue weighted by atomic mass is 35.5. The van der Waals surface area contributed by atoms with E-state index in [9.17, 15) is 5.11 Å². The molecule has 7 nitrogen and oxygen atoms in total. The average Bonchev–Trinajstić information content (AvgIpc) is 2.90. The van der Waals surface area contributed by atoms with E-state index in [1.165, 1.54) is 0 Å². The standard InChI is InChI=1S/C28H33ClN2O5/c1-33-22-9-6-19(26(15-22)35-3)17-30-12-5-13-31(28(30)24-14-21(29)8-11-25(24)32)18-20-7-10-23(34-2)16-27(20)36-4/h6-11,14-16,28,32H,5,12-13,17-18H2,1-4H3. The molecule has 0 spiro atoms. The number of nitrogens with zero attached hydrogens (tertiary/aromatic N) is 2. The molecule has 0 aliphatic carbocycles. The summed E-state index contributed by atoms with van der Waals surface area (Å²) in [5, 5.41) is 11.5. The third kappa shape index (κ3) is 5.64. The minimum atomic E-state index is -0.212. The summed E-state index contributed by atoms with van der Waals surface area (Å²) in [4.78, 5) is 4.68. The van der Waals surface area contributed by atoms with Crippen molar-refractivity contribution in [2.45, 2.75) is 25.7 Å². The highest BCUT2D eigenvalue weighted by molar-refractivity contribution is 6.30. The van der Waals surface area contributed by atoms with Crippen molar-refractivity contribution >= 4 is 11.6 Å². The molecular formula is C28H33ClN2O5. The summed E-state index contributed by atoms with van der Waals surface area (Å²) in [5.41, 5.74) is 2.84. The van der Waals surface area contributed by atoms with Gasteiger partial charge in [0.2, 0.25) is 0 Å². The van der Waals surface area contributed by atoms with Crippen molar-refractivity contribution in [1.82, 2.24) is 9.80 Å². The SMILES string of the molecule is COc1ccc(CN2CCCN(Cc3ccc(OC)cc3OC)C2c2cc(Cl)ccc2O)c(OC)c1. The van der Waals surface area contributed by atoms with Crippen molar-refractivity contribution < 1.29 is 24.1 Å². The van der Waals surface area contributed by atoms with E-state index in [0.29, 0.717) is 18.1 Å². The number of aromatic hydroxyl groups is 1. The zero-order valence-corrected chi connectivity index (χ0v) is 21.9. The van der Waals surface area contributed by atoms with Crippen LogP contribution in [0.3, 0.4) is 0 Å². The molecule has 0 bridgehead atoms. The quantitative estimate of drug-likeness (QED) is 0.407. The molecule has 36 heavy (non-hydrogen) atoms. The first-order valence-electron chi connectivity index (χ1n) is 11.9. The van der Waals surface area contributed by atoms with Crippen LogP contribution in [0.15, 0.2) is 54.6 Å². The van der Waals surface area contributed by atoms with E-state index in [1.807, 2.05) is 42.5 Å². The first kappa shape index (κ1) is 25.9. The van der Waals surface area contributed by atoms with Gasteiger partial charge in [0, 0.05) is 60.0 Å². The van der Waals surface area contributed by atoms with Crippen molar-refractivity contribution in [2.24, 2.45) is 0 Å². The zero-order chi connectivity index (χ0) is 25.7. The van der Waals surface area contributed by atoms with Crippen LogP contribution in [0.5, 0.6) is 28.7 Å². The Morgan fingerprint density at radius 1 is 0.750 bits per heavy atom. The molecule has 0 aromatic heterocycles. The average molecular weight is 513 g/mol. The van der Waals surface area contributed by atoms with Gasteiger partial charge >= 0.3 is 0 Å². The normalized spacial score (nSPS) is 15.0. The lowest BCUT2D eigenvalue weighted by molar-refractivity contribution is -0.0110. The van der Waals surface area contributed by atoms with Gasteiger partial charge in [0.05, 0.1) is 34.6 Å². The molecule has 3 aromatic carbocycles. The van der Waals surface area contributed by atoms with E-state index < -0.39 is 0 Å². The number of hydrogen-bond donors (Lipinski definition) is 1. The van der Waals surface area contributed by atoms with Crippen LogP contribution in [0.25, 0.3) is 0 Å². The van der Waals surface area contributed by atoms with Crippen LogP contribution in [0.2, 0.25) is 5.02 Å². The molecule has 0 saturated carbocycles. The number of methoxy groups -OCH3 is 4. The lowest BCUT2D eigenvalue weighted by atomic mass is 10.0. The van der Waals surface area contributed by atoms with Gasteiger partial charge in [0.15, 0.2) is 0 Å². The van der Waals surface area contributed by atoms with E-state index in [4.69, 9.17) is 30.5 Å². The predicted octanol–water partition coefficient (Wildman–Crippen LogP) is 5.49. The number of phenolic OH excluding ortho intramolecular Hbond substituents is 1. The first-order chi connectivity index (χ1) is 17.5. The smallest absolute Gasteiger partial charge is 0.127 e. The molecule has 4 rings (SSSR count). The van der Waals surface area contributed by atoms with Crippen molar-refractivity contribution in [1.29, 1.82) is 0 Å². The molecule has 1 heterocycles. The van der Waals surface area contributed by atoms with Crippen LogP contribution >= 0.6 is 11.6 Å². The monoisotopic (exact) mass is 512 g/mol. The molecule has 3 aromatic rings. The molecule has 192 valence electrons. The molecular weight excluding hydrogens is 480 g/mol. The summed E-state index contributed by atoms with van der Waals surface area (Å²) < 4.78 is 22.1. The molecule has 1 aliphatic rings. The topological polar surface area (TPSA) is 63.6 Å². The summed E-state index contributed by atoms with van der Waals surface area (Å²) >= 11 is 6.40. The van der Waals surface area contributed by atoms with Gasteiger partial charge in [0.25, 0.3) is 0 Å². The molecule has 0 atom stereocenters. The van der Waals surface area contributed by atoms with Crippen molar-refractivity contribution in [3.05, 3.63) is 76.3 Å². The van der Waals surface area contributed by atoms with Gasteiger partial charge in [-0.3, -0.25) is 9.80 Å². The van der Waals surface area contributed by atoms with Crippen LogP contribution in [-0.4, -0.2) is 56.4 Å². The molecule has 0 radical (unpaired) electrons. The molecule has 8 heteroatoms. The summed E-state index contributed by atoms with van der Waals surface area (Å²) in [7, 11) is 6.61. The van der Waals surface area contributed by atoms with Gasteiger partial charge in [-0.2, -0.15) is 0 Å². The number of rotatable bonds is 9. The lowest BCUT2D eigenvalue weighted by Crippen LogP contribution is -2.47. The number of ether oxygens (including phenoxy) is 4. The maximum Gasteiger partial charge on any atom is 0.127 e. The molecule has 0 unspecified atom stereocenters. The fourth-order valence-electron chi connectivity index (χ4n) is 4.81. The Hall–Kier alpha value is -3.13. The summed E-state index contributed by atoms with van der Waals surface area (Å²) in [6, 6.07) is 16.9. The largest absolute Gasteiger partial charge is 0.508 e. The highest BCUT2D eigenvalue weighted by Crippen LogP contribution is 2.39. The fourth-order valence-corrected chi connectivity index (χ4v) is 4.99. The van der Waals surface area contributed by atoms with Gasteiger partial charge in [0.1, 0.15) is 28.7 Å². The highest BCUT2D eigenvalue weighted by Gasteiger charge is 2.33. The Balaban J connectivity index is 1.72. The molecule has 1 N–H and O–H groups in total. The number of phenols is 1. The van der Waals surface area contributed by atoms with Crippen LogP contribution in [0.1, 0.15) is 29.3 Å². The third-order valence-electron chi connectivity index (χ3n) is 6.59. The van der Waals surface area contributed by atoms with Gasteiger partial charge in [-0.05, 0) is 36.8 Å². The summed E-state index contributed by atoms with van der Waals surface area (Å²) in [6.45, 7) is 2.95. The van der Waals surface area contributed by atoms with Crippen LogP contribution in [0, 0.1) is 0 Å². The van der Waals surface area contributed by atoms with Gasteiger partial charge in [-0.15, -0.1) is 0 Å². The number of halogens is 1. The maximum absolute atomic E-state index is 10.9. The van der Waals surface area contributed by atoms with Crippen molar-refractivity contribution in [3.63, 3.8) is 0 Å². The molecule has 0 amide bonds. The summed E-state index contributed by atoms with van der Waals surface area (Å²) in [5.74, 6) is 3.22. The van der Waals surface area contributed by atoms with Crippen LogP contribution in [-0.2, 0) is 13.1 Å². The van der Waals surface area contributed by atoms with Gasteiger partial charge in [-0.25, -0.2) is 0 Å². The number of benzene rings is 3. The number of hydrogen-bond acceptors (Lipinski definition) is 7. The Morgan fingerprint density at radius 2 is 1.28 bits per heavy atom. The van der Waals surface area contributed by atoms with E-state index >= 15 is 0 Å². The molecule has 1 saturated heterocycles. The van der Waals surface area contributed by atoms with E-state index in [1.54, 1.807) is 40.6 Å². The van der Waals surface area contributed by atoms with Gasteiger partial charge in [-0.1, -0.05) is 23.7 Å². The second kappa shape index (κ2) is 11.7. The van der Waals surface area contributed by atoms with Crippen LogP contribution in [0.4, 0.5) is 0 Å². The fraction of sp³-hybridized carbons (Fsp3) is 0.357. The predicted molar refractivity (Wildman–Crippen MR) is 140 cm³/mol. The Bertz CT molecular complexity index is 1120. The Kier molecular flexibility index (Phi) is 8.46. The zero-order valence-electron chi connectivity index (χ0n) is 21.2. The minimum absolute atomic E-state index is 0.212. The van der Waals surface area contributed by atoms with Crippen molar-refractivity contribution in [3.8, 4) is 28.7 Å². The van der Waals surface area contributed by atoms with Gasteiger partial charge < -0.3 is 24.1 Å². The Morgan fingerprint density at radius 3 is 1.75 bits per heavy atom. The van der Waals surface area contributed by atoms with Crippen LogP contribution < -0.4 is 18.9 Å². The molecule has 1 aliphatic heterocycles. The molecule has 1 fully saturated rings. The third-order valence-corrected chi connectivity index (χ3v) is 6.82. The minimum Gasteiger partial charge on any atom is -0.508 e. The maximum atomic E-state index is 10.9.